The molecule has 1 N–H and O–H groups in total. The molecule has 26 heavy (non-hydrogen) atoms. The van der Waals surface area contributed by atoms with Gasteiger partial charge >= 0.3 is 0 Å². The molecular formula is C21H30N2O3. The summed E-state index contributed by atoms with van der Waals surface area (Å²) in [4.78, 5) is 26.5. The van der Waals surface area contributed by atoms with Gasteiger partial charge in [0.05, 0.1) is 12.0 Å². The Morgan fingerprint density at radius 3 is 2.54 bits per heavy atom. The first-order valence-electron chi connectivity index (χ1n) is 10.0. The summed E-state index contributed by atoms with van der Waals surface area (Å²) in [5, 5.41) is 2.99. The van der Waals surface area contributed by atoms with E-state index in [9.17, 15) is 9.59 Å². The molecule has 2 amide bonds. The van der Waals surface area contributed by atoms with Gasteiger partial charge in [-0.15, -0.1) is 0 Å². The molecule has 1 aliphatic carbocycles. The molecule has 142 valence electrons. The van der Waals surface area contributed by atoms with Crippen LogP contribution in [0.4, 0.5) is 5.69 Å². The molecule has 1 aliphatic heterocycles. The van der Waals surface area contributed by atoms with Crippen LogP contribution in [0.1, 0.15) is 58.3 Å². The summed E-state index contributed by atoms with van der Waals surface area (Å²) >= 11 is 0. The summed E-state index contributed by atoms with van der Waals surface area (Å²) in [5.74, 6) is 0.907. The number of nitrogens with one attached hydrogen (secondary N) is 1. The van der Waals surface area contributed by atoms with Crippen LogP contribution in [0, 0.1) is 5.92 Å². The van der Waals surface area contributed by atoms with E-state index in [1.54, 1.807) is 0 Å². The second-order valence-electron chi connectivity index (χ2n) is 7.47. The van der Waals surface area contributed by atoms with Crippen LogP contribution in [-0.2, 0) is 9.59 Å². The number of rotatable bonds is 6. The molecule has 1 unspecified atom stereocenters. The van der Waals surface area contributed by atoms with Crippen molar-refractivity contribution in [3.8, 4) is 5.75 Å². The second-order valence-corrected chi connectivity index (χ2v) is 7.47. The Labute approximate surface area is 156 Å². The van der Waals surface area contributed by atoms with Crippen molar-refractivity contribution >= 4 is 17.5 Å². The number of piperidine rings is 1. The van der Waals surface area contributed by atoms with Crippen molar-refractivity contribution in [1.29, 1.82) is 0 Å². The lowest BCUT2D eigenvalue weighted by Crippen LogP contribution is -2.43. The molecule has 0 spiro atoms. The average molecular weight is 358 g/mol. The summed E-state index contributed by atoms with van der Waals surface area (Å²) < 4.78 is 5.96. The number of hydrogen-bond acceptors (Lipinski definition) is 3. The van der Waals surface area contributed by atoms with Crippen LogP contribution in [0.2, 0.25) is 0 Å². The second kappa shape index (κ2) is 9.06. The Kier molecular flexibility index (Phi) is 6.53. The first-order chi connectivity index (χ1) is 12.7. The average Bonchev–Trinajstić information content (AvgIpc) is 3.17. The zero-order valence-corrected chi connectivity index (χ0v) is 15.7. The van der Waals surface area contributed by atoms with Crippen molar-refractivity contribution in [2.45, 2.75) is 64.4 Å². The van der Waals surface area contributed by atoms with Crippen molar-refractivity contribution < 1.29 is 14.3 Å². The minimum Gasteiger partial charge on any atom is -0.490 e. The van der Waals surface area contributed by atoms with Gasteiger partial charge < -0.3 is 15.0 Å². The van der Waals surface area contributed by atoms with Crippen molar-refractivity contribution in [3.05, 3.63) is 24.3 Å². The van der Waals surface area contributed by atoms with E-state index in [-0.39, 0.29) is 17.7 Å². The van der Waals surface area contributed by atoms with Gasteiger partial charge in [-0.3, -0.25) is 9.59 Å². The lowest BCUT2D eigenvalue weighted by Gasteiger charge is -2.32. The van der Waals surface area contributed by atoms with E-state index in [4.69, 9.17) is 4.74 Å². The van der Waals surface area contributed by atoms with Crippen LogP contribution < -0.4 is 10.1 Å². The number of carbonyl (C=O) groups is 2. The molecule has 1 heterocycles. The van der Waals surface area contributed by atoms with Gasteiger partial charge in [0.2, 0.25) is 11.8 Å². The van der Waals surface area contributed by atoms with Gasteiger partial charge in [-0.05, 0) is 69.2 Å². The number of anilines is 1. The van der Waals surface area contributed by atoms with Gasteiger partial charge in [0.15, 0.2) is 0 Å². The van der Waals surface area contributed by atoms with E-state index in [0.29, 0.717) is 19.1 Å². The number of ether oxygens (including phenoxy) is 1. The number of hydrogen-bond donors (Lipinski definition) is 1. The molecule has 1 aromatic carbocycles. The van der Waals surface area contributed by atoms with Crippen LogP contribution in [0.15, 0.2) is 24.3 Å². The van der Waals surface area contributed by atoms with E-state index in [1.165, 1.54) is 12.8 Å². The fourth-order valence-electron chi connectivity index (χ4n) is 3.85. The molecule has 0 aromatic heterocycles. The number of nitrogens with zero attached hydrogens (tertiary/aromatic N) is 1. The molecule has 5 nitrogen and oxygen atoms in total. The molecule has 2 fully saturated rings. The largest absolute Gasteiger partial charge is 0.490 e. The third-order valence-electron chi connectivity index (χ3n) is 5.34. The topological polar surface area (TPSA) is 58.6 Å². The maximum Gasteiger partial charge on any atom is 0.229 e. The van der Waals surface area contributed by atoms with Crippen LogP contribution in [0.5, 0.6) is 5.75 Å². The first-order valence-corrected chi connectivity index (χ1v) is 10.0. The quantitative estimate of drug-likeness (QED) is 0.837. The Balaban J connectivity index is 1.51. The lowest BCUT2D eigenvalue weighted by atomic mass is 9.96. The van der Waals surface area contributed by atoms with Crippen LogP contribution in [-0.4, -0.2) is 35.9 Å². The van der Waals surface area contributed by atoms with Gasteiger partial charge in [0, 0.05) is 25.2 Å². The molecule has 1 saturated carbocycles. The van der Waals surface area contributed by atoms with Gasteiger partial charge in [0.1, 0.15) is 5.75 Å². The third-order valence-corrected chi connectivity index (χ3v) is 5.34. The van der Waals surface area contributed by atoms with Gasteiger partial charge in [0.25, 0.3) is 0 Å². The highest BCUT2D eigenvalue weighted by Crippen LogP contribution is 2.25. The monoisotopic (exact) mass is 358 g/mol. The SMILES string of the molecule is CCCC(=O)N1CCCC(C(=O)Nc2ccc(OC3CCCC3)cc2)C1. The van der Waals surface area contributed by atoms with E-state index in [2.05, 4.69) is 5.32 Å². The fraction of sp³-hybridized carbons (Fsp3) is 0.619. The zero-order chi connectivity index (χ0) is 18.4. The molecule has 1 atom stereocenters. The van der Waals surface area contributed by atoms with E-state index >= 15 is 0 Å². The van der Waals surface area contributed by atoms with Gasteiger partial charge in [-0.2, -0.15) is 0 Å². The molecular weight excluding hydrogens is 328 g/mol. The molecule has 2 aliphatic rings. The normalized spacial score (nSPS) is 20.8. The lowest BCUT2D eigenvalue weighted by molar-refractivity contribution is -0.134. The Hall–Kier alpha value is -2.04. The summed E-state index contributed by atoms with van der Waals surface area (Å²) in [6, 6.07) is 7.63. The Morgan fingerprint density at radius 1 is 1.12 bits per heavy atom. The van der Waals surface area contributed by atoms with Gasteiger partial charge in [-0.1, -0.05) is 6.92 Å². The highest BCUT2D eigenvalue weighted by molar-refractivity contribution is 5.93. The minimum absolute atomic E-state index is 0.00320. The van der Waals surface area contributed by atoms with E-state index in [0.717, 1.165) is 50.1 Å². The Morgan fingerprint density at radius 2 is 1.85 bits per heavy atom. The maximum atomic E-state index is 12.6. The van der Waals surface area contributed by atoms with Crippen LogP contribution >= 0.6 is 0 Å². The standard InChI is InChI=1S/C21H30N2O3/c1-2-6-20(24)23-14-5-7-16(15-23)21(25)22-17-10-12-19(13-11-17)26-18-8-3-4-9-18/h10-13,16,18H,2-9,14-15H2,1H3,(H,22,25). The number of carbonyl (C=O) groups excluding carboxylic acids is 2. The van der Waals surface area contributed by atoms with Crippen molar-refractivity contribution in [1.82, 2.24) is 4.90 Å². The predicted octanol–water partition coefficient (Wildman–Crippen LogP) is 3.99. The minimum atomic E-state index is -0.126. The number of likely N-dealkylation sites (tertiary alicyclic amines) is 1. The highest BCUT2D eigenvalue weighted by atomic mass is 16.5. The first kappa shape index (κ1) is 18.7. The van der Waals surface area contributed by atoms with Crippen molar-refractivity contribution in [3.63, 3.8) is 0 Å². The molecule has 0 bridgehead atoms. The molecule has 3 rings (SSSR count). The van der Waals surface area contributed by atoms with E-state index < -0.39 is 0 Å². The smallest absolute Gasteiger partial charge is 0.229 e. The zero-order valence-electron chi connectivity index (χ0n) is 15.7. The Bertz CT molecular complexity index is 608. The number of amides is 2. The summed E-state index contributed by atoms with van der Waals surface area (Å²) in [6.45, 7) is 3.31. The van der Waals surface area contributed by atoms with Crippen molar-refractivity contribution in [2.75, 3.05) is 18.4 Å². The van der Waals surface area contributed by atoms with Crippen molar-refractivity contribution in [2.24, 2.45) is 5.92 Å². The predicted molar refractivity (Wildman–Crippen MR) is 102 cm³/mol. The molecule has 0 radical (unpaired) electrons. The number of benzene rings is 1. The molecule has 1 aromatic rings. The van der Waals surface area contributed by atoms with E-state index in [1.807, 2.05) is 36.1 Å². The highest BCUT2D eigenvalue weighted by Gasteiger charge is 2.28. The summed E-state index contributed by atoms with van der Waals surface area (Å²) in [5.41, 5.74) is 0.783. The molecule has 1 saturated heterocycles. The van der Waals surface area contributed by atoms with Crippen LogP contribution in [0.3, 0.4) is 0 Å². The maximum absolute atomic E-state index is 12.6. The summed E-state index contributed by atoms with van der Waals surface area (Å²) in [6.07, 6.45) is 8.24. The summed E-state index contributed by atoms with van der Waals surface area (Å²) in [7, 11) is 0. The van der Waals surface area contributed by atoms with Crippen LogP contribution in [0.25, 0.3) is 0 Å². The van der Waals surface area contributed by atoms with Gasteiger partial charge in [-0.25, -0.2) is 0 Å². The third kappa shape index (κ3) is 4.99. The molecule has 5 heteroatoms. The fourth-order valence-corrected chi connectivity index (χ4v) is 3.85.